The van der Waals surface area contributed by atoms with Crippen molar-refractivity contribution in [3.05, 3.63) is 91.0 Å². The number of hydrogen-bond donors (Lipinski definition) is 2. The Hall–Kier alpha value is -4.43. The Bertz CT molecular complexity index is 1610. The van der Waals surface area contributed by atoms with Gasteiger partial charge in [0, 0.05) is 35.4 Å². The first-order valence-corrected chi connectivity index (χ1v) is 14.6. The van der Waals surface area contributed by atoms with Crippen molar-refractivity contribution in [2.24, 2.45) is 0 Å². The number of urea groups is 1. The minimum Gasteiger partial charge on any atom is -0.497 e. The highest BCUT2D eigenvalue weighted by atomic mass is 32.2. The van der Waals surface area contributed by atoms with Crippen LogP contribution in [0.5, 0.6) is 11.5 Å². The van der Waals surface area contributed by atoms with E-state index in [9.17, 15) is 4.79 Å². The summed E-state index contributed by atoms with van der Waals surface area (Å²) in [6, 6.07) is 29.8. The molecule has 0 saturated carbocycles. The van der Waals surface area contributed by atoms with E-state index in [1.807, 2.05) is 78.9 Å². The molecule has 0 aliphatic heterocycles. The van der Waals surface area contributed by atoms with E-state index in [0.29, 0.717) is 12.3 Å². The molecule has 0 fully saturated rings. The van der Waals surface area contributed by atoms with Gasteiger partial charge in [0.2, 0.25) is 0 Å². The quantitative estimate of drug-likeness (QED) is 0.126. The number of benzene rings is 4. The number of fused-ring (bicyclic) bond motifs is 1. The molecule has 8 heteroatoms. The number of methoxy groups -OCH3 is 2. The topological polar surface area (TPSA) is 77.4 Å². The van der Waals surface area contributed by atoms with Gasteiger partial charge < -0.3 is 24.7 Å². The molecular formula is C33H34N4O3S. The first kappa shape index (κ1) is 28.1. The first-order valence-electron chi connectivity index (χ1n) is 13.7. The third kappa shape index (κ3) is 6.49. The van der Waals surface area contributed by atoms with Crippen molar-refractivity contribution in [3.8, 4) is 34.0 Å². The number of aromatic nitrogens is 2. The fraction of sp³-hybridized carbons (Fsp3) is 0.212. The summed E-state index contributed by atoms with van der Waals surface area (Å²) in [6.07, 6.45) is 0.959. The minimum atomic E-state index is -0.225. The molecule has 0 spiro atoms. The number of carbonyl (C=O) groups excluding carboxylic acids is 1. The van der Waals surface area contributed by atoms with E-state index in [-0.39, 0.29) is 6.03 Å². The molecule has 0 unspecified atom stereocenters. The highest BCUT2D eigenvalue weighted by Crippen LogP contribution is 2.37. The van der Waals surface area contributed by atoms with Crippen LogP contribution < -0.4 is 20.1 Å². The molecule has 5 rings (SSSR count). The van der Waals surface area contributed by atoms with Gasteiger partial charge in [-0.1, -0.05) is 55.1 Å². The van der Waals surface area contributed by atoms with Crippen LogP contribution in [0.25, 0.3) is 33.3 Å². The van der Waals surface area contributed by atoms with E-state index in [0.717, 1.165) is 68.6 Å². The summed E-state index contributed by atoms with van der Waals surface area (Å²) in [5, 5.41) is 9.00. The Morgan fingerprint density at radius 1 is 0.854 bits per heavy atom. The number of thioether (sulfide) groups is 1. The number of anilines is 1. The zero-order valence-corrected chi connectivity index (χ0v) is 24.3. The Balaban J connectivity index is 1.34. The van der Waals surface area contributed by atoms with Crippen LogP contribution in [0.1, 0.15) is 13.3 Å². The van der Waals surface area contributed by atoms with Crippen LogP contribution in [0.3, 0.4) is 0 Å². The number of hydrogen-bond acceptors (Lipinski definition) is 5. The average molecular weight is 567 g/mol. The molecule has 7 nitrogen and oxygen atoms in total. The monoisotopic (exact) mass is 566 g/mol. The number of rotatable bonds is 11. The van der Waals surface area contributed by atoms with Crippen molar-refractivity contribution in [1.82, 2.24) is 14.9 Å². The molecule has 0 aliphatic carbocycles. The summed E-state index contributed by atoms with van der Waals surface area (Å²) in [5.41, 5.74) is 4.84. The number of nitrogens with one attached hydrogen (secondary N) is 2. The Morgan fingerprint density at radius 3 is 2.20 bits per heavy atom. The molecule has 210 valence electrons. The lowest BCUT2D eigenvalue weighted by atomic mass is 10.0. The summed E-state index contributed by atoms with van der Waals surface area (Å²) in [7, 11) is 3.34. The maximum absolute atomic E-state index is 12.7. The Morgan fingerprint density at radius 2 is 1.51 bits per heavy atom. The Labute approximate surface area is 244 Å². The second-order valence-corrected chi connectivity index (χ2v) is 10.5. The van der Waals surface area contributed by atoms with Gasteiger partial charge in [-0.15, -0.1) is 0 Å². The molecule has 0 saturated heterocycles. The minimum absolute atomic E-state index is 0.225. The SMILES string of the molecule is CCCn1c(SCCNC(=O)Nc2cccc3ccccc23)nc(-c2ccc(OC)cc2)c1-c1ccc(OC)cc1. The van der Waals surface area contributed by atoms with Crippen LogP contribution in [0.4, 0.5) is 10.5 Å². The maximum Gasteiger partial charge on any atom is 0.319 e. The number of amides is 2. The van der Waals surface area contributed by atoms with E-state index in [4.69, 9.17) is 14.5 Å². The van der Waals surface area contributed by atoms with Crippen molar-refractivity contribution in [3.63, 3.8) is 0 Å². The Kier molecular flexibility index (Phi) is 9.11. The molecule has 0 atom stereocenters. The van der Waals surface area contributed by atoms with Crippen LogP contribution in [-0.4, -0.2) is 42.1 Å². The van der Waals surface area contributed by atoms with E-state index in [1.54, 1.807) is 26.0 Å². The summed E-state index contributed by atoms with van der Waals surface area (Å²) in [5.74, 6) is 2.28. The lowest BCUT2D eigenvalue weighted by molar-refractivity contribution is 0.252. The average Bonchev–Trinajstić information content (AvgIpc) is 3.37. The molecule has 2 N–H and O–H groups in total. The van der Waals surface area contributed by atoms with Gasteiger partial charge in [-0.25, -0.2) is 9.78 Å². The molecule has 0 aliphatic rings. The highest BCUT2D eigenvalue weighted by Gasteiger charge is 2.20. The highest BCUT2D eigenvalue weighted by molar-refractivity contribution is 7.99. The molecule has 2 amide bonds. The summed E-state index contributed by atoms with van der Waals surface area (Å²) >= 11 is 1.64. The van der Waals surface area contributed by atoms with E-state index >= 15 is 0 Å². The van der Waals surface area contributed by atoms with Gasteiger partial charge in [-0.2, -0.15) is 0 Å². The van der Waals surface area contributed by atoms with Crippen LogP contribution in [0, 0.1) is 0 Å². The molecular weight excluding hydrogens is 532 g/mol. The molecule has 0 bridgehead atoms. The molecule has 1 aromatic heterocycles. The summed E-state index contributed by atoms with van der Waals surface area (Å²) in [6.45, 7) is 3.48. The summed E-state index contributed by atoms with van der Waals surface area (Å²) in [4.78, 5) is 17.8. The second kappa shape index (κ2) is 13.3. The normalized spacial score (nSPS) is 10.9. The zero-order valence-electron chi connectivity index (χ0n) is 23.5. The number of imidazole rings is 1. The molecule has 0 radical (unpaired) electrons. The first-order chi connectivity index (χ1) is 20.1. The third-order valence-electron chi connectivity index (χ3n) is 6.76. The molecule has 41 heavy (non-hydrogen) atoms. The molecule has 4 aromatic carbocycles. The molecule has 5 aromatic rings. The number of carbonyl (C=O) groups is 1. The van der Waals surface area contributed by atoms with Gasteiger partial charge in [0.1, 0.15) is 11.5 Å². The van der Waals surface area contributed by atoms with E-state index in [2.05, 4.69) is 34.3 Å². The molecule has 1 heterocycles. The van der Waals surface area contributed by atoms with E-state index in [1.165, 1.54) is 0 Å². The van der Waals surface area contributed by atoms with Crippen LogP contribution in [0.15, 0.2) is 96.2 Å². The van der Waals surface area contributed by atoms with Crippen molar-refractivity contribution in [2.45, 2.75) is 25.0 Å². The number of ether oxygens (including phenoxy) is 2. The fourth-order valence-corrected chi connectivity index (χ4v) is 5.65. The predicted octanol–water partition coefficient (Wildman–Crippen LogP) is 7.71. The van der Waals surface area contributed by atoms with Gasteiger partial charge in [0.05, 0.1) is 31.3 Å². The van der Waals surface area contributed by atoms with Gasteiger partial charge in [0.15, 0.2) is 5.16 Å². The summed E-state index contributed by atoms with van der Waals surface area (Å²) < 4.78 is 13.0. The van der Waals surface area contributed by atoms with Crippen LogP contribution >= 0.6 is 11.8 Å². The second-order valence-electron chi connectivity index (χ2n) is 9.46. The largest absolute Gasteiger partial charge is 0.497 e. The van der Waals surface area contributed by atoms with Gasteiger partial charge in [-0.05, 0) is 66.4 Å². The lowest BCUT2D eigenvalue weighted by Crippen LogP contribution is -2.30. The smallest absolute Gasteiger partial charge is 0.319 e. The number of nitrogens with zero attached hydrogens (tertiary/aromatic N) is 2. The predicted molar refractivity (Wildman–Crippen MR) is 168 cm³/mol. The lowest BCUT2D eigenvalue weighted by Gasteiger charge is -2.13. The maximum atomic E-state index is 12.7. The standard InChI is InChI=1S/C33H34N4O3S/c1-4-21-37-31(25-14-18-27(40-3)19-15-25)30(24-12-16-26(39-2)17-13-24)36-33(37)41-22-20-34-32(38)35-29-11-7-9-23-8-5-6-10-28(23)29/h5-19H,4,20-22H2,1-3H3,(H2,34,35,38). The zero-order chi connectivity index (χ0) is 28.6. The van der Waals surface area contributed by atoms with Crippen molar-refractivity contribution < 1.29 is 14.3 Å². The van der Waals surface area contributed by atoms with Crippen molar-refractivity contribution >= 4 is 34.3 Å². The fourth-order valence-electron chi connectivity index (χ4n) is 4.77. The van der Waals surface area contributed by atoms with E-state index < -0.39 is 0 Å². The van der Waals surface area contributed by atoms with Crippen molar-refractivity contribution in [1.29, 1.82) is 0 Å². The third-order valence-corrected chi connectivity index (χ3v) is 7.74. The van der Waals surface area contributed by atoms with Crippen molar-refractivity contribution in [2.75, 3.05) is 31.8 Å². The van der Waals surface area contributed by atoms with Gasteiger partial charge >= 0.3 is 6.03 Å². The van der Waals surface area contributed by atoms with Crippen LogP contribution in [-0.2, 0) is 6.54 Å². The van der Waals surface area contributed by atoms with Gasteiger partial charge in [-0.3, -0.25) is 0 Å². The van der Waals surface area contributed by atoms with Crippen LogP contribution in [0.2, 0.25) is 0 Å². The van der Waals surface area contributed by atoms with Gasteiger partial charge in [0.25, 0.3) is 0 Å².